The molecule has 0 spiro atoms. The average molecular weight is 375 g/mol. The van der Waals surface area contributed by atoms with Gasteiger partial charge in [-0.2, -0.15) is 0 Å². The summed E-state index contributed by atoms with van der Waals surface area (Å²) in [4.78, 5) is 12.7. The fraction of sp³-hybridized carbons (Fsp3) is 0.417. The number of carbonyl (C=O) groups excluding carboxylic acids is 1. The van der Waals surface area contributed by atoms with Crippen molar-refractivity contribution in [1.82, 2.24) is 4.90 Å². The zero-order valence-corrected chi connectivity index (χ0v) is 14.5. The number of amides is 1. The number of nitrogens with zero attached hydrogens (tertiary/aromatic N) is 1. The van der Waals surface area contributed by atoms with E-state index < -0.39 is 9.05 Å². The largest absolute Gasteiger partial charge is 0.490 e. The van der Waals surface area contributed by atoms with Gasteiger partial charge in [0.25, 0.3) is 9.05 Å². The standard InChI is InChI=1S/C12H14Cl3NO4S/c1-16(2)11(17)4-3-5-20-12-9(13)6-8(7-10(12)14)21(15,18)19/h6-7H,3-5H2,1-2H3. The third-order valence-corrected chi connectivity index (χ3v) is 4.43. The van der Waals surface area contributed by atoms with E-state index in [-0.39, 0.29) is 33.2 Å². The average Bonchev–Trinajstić information content (AvgIpc) is 2.35. The highest BCUT2D eigenvalue weighted by Gasteiger charge is 2.17. The molecule has 1 amide bonds. The molecule has 0 heterocycles. The number of hydrogen-bond donors (Lipinski definition) is 0. The highest BCUT2D eigenvalue weighted by atomic mass is 35.7. The van der Waals surface area contributed by atoms with Crippen molar-refractivity contribution in [1.29, 1.82) is 0 Å². The molecule has 1 rings (SSSR count). The predicted molar refractivity (Wildman–Crippen MR) is 82.9 cm³/mol. The molecule has 9 heteroatoms. The van der Waals surface area contributed by atoms with Crippen molar-refractivity contribution in [3.8, 4) is 5.75 Å². The molecule has 0 saturated carbocycles. The van der Waals surface area contributed by atoms with Gasteiger partial charge in [-0.1, -0.05) is 23.2 Å². The van der Waals surface area contributed by atoms with Gasteiger partial charge in [-0.3, -0.25) is 4.79 Å². The molecule has 0 unspecified atom stereocenters. The van der Waals surface area contributed by atoms with Gasteiger partial charge in [-0.25, -0.2) is 8.42 Å². The first-order chi connectivity index (χ1) is 9.62. The van der Waals surface area contributed by atoms with Crippen LogP contribution in [0.15, 0.2) is 17.0 Å². The molecule has 0 fully saturated rings. The van der Waals surface area contributed by atoms with Gasteiger partial charge < -0.3 is 9.64 Å². The summed E-state index contributed by atoms with van der Waals surface area (Å²) in [5.74, 6) is 0.152. The maximum atomic E-state index is 11.4. The first kappa shape index (κ1) is 18.4. The fourth-order valence-corrected chi connectivity index (χ4v) is 2.95. The molecule has 0 aliphatic rings. The lowest BCUT2D eigenvalue weighted by atomic mass is 10.3. The predicted octanol–water partition coefficient (Wildman–Crippen LogP) is 3.17. The Morgan fingerprint density at radius 2 is 1.76 bits per heavy atom. The van der Waals surface area contributed by atoms with Crippen LogP contribution in [0.25, 0.3) is 0 Å². The molecule has 0 aromatic heterocycles. The lowest BCUT2D eigenvalue weighted by Crippen LogP contribution is -2.21. The van der Waals surface area contributed by atoms with Crippen LogP contribution in [-0.2, 0) is 13.8 Å². The molecule has 0 saturated heterocycles. The van der Waals surface area contributed by atoms with Gasteiger partial charge in [0.05, 0.1) is 21.5 Å². The van der Waals surface area contributed by atoms with E-state index in [1.165, 1.54) is 4.90 Å². The Morgan fingerprint density at radius 1 is 1.24 bits per heavy atom. The lowest BCUT2D eigenvalue weighted by Gasteiger charge is -2.12. The van der Waals surface area contributed by atoms with Gasteiger partial charge in [0, 0.05) is 31.2 Å². The summed E-state index contributed by atoms with van der Waals surface area (Å²) >= 11 is 11.8. The minimum absolute atomic E-state index is 0.0145. The van der Waals surface area contributed by atoms with E-state index in [1.807, 2.05) is 0 Å². The first-order valence-corrected chi connectivity index (χ1v) is 8.96. The van der Waals surface area contributed by atoms with Crippen LogP contribution in [-0.4, -0.2) is 39.9 Å². The Hall–Kier alpha value is -0.690. The minimum Gasteiger partial charge on any atom is -0.490 e. The van der Waals surface area contributed by atoms with Crippen molar-refractivity contribution < 1.29 is 17.9 Å². The van der Waals surface area contributed by atoms with Gasteiger partial charge in [0.2, 0.25) is 5.91 Å². The summed E-state index contributed by atoms with van der Waals surface area (Å²) in [5.41, 5.74) is 0. The van der Waals surface area contributed by atoms with Crippen LogP contribution in [0.2, 0.25) is 10.0 Å². The normalized spacial score (nSPS) is 11.3. The summed E-state index contributed by atoms with van der Waals surface area (Å²) in [6.07, 6.45) is 0.815. The quantitative estimate of drug-likeness (QED) is 0.567. The Morgan fingerprint density at radius 3 is 2.19 bits per heavy atom. The summed E-state index contributed by atoms with van der Waals surface area (Å²) in [6, 6.07) is 2.33. The topological polar surface area (TPSA) is 63.7 Å². The molecule has 0 aliphatic heterocycles. The molecule has 0 aliphatic carbocycles. The third kappa shape index (κ3) is 5.54. The molecular formula is C12H14Cl3NO4S. The van der Waals surface area contributed by atoms with Crippen LogP contribution in [0.5, 0.6) is 5.75 Å². The maximum Gasteiger partial charge on any atom is 0.261 e. The molecule has 0 bridgehead atoms. The van der Waals surface area contributed by atoms with E-state index in [0.29, 0.717) is 12.8 Å². The monoisotopic (exact) mass is 373 g/mol. The molecule has 0 radical (unpaired) electrons. The molecule has 5 nitrogen and oxygen atoms in total. The molecular weight excluding hydrogens is 361 g/mol. The third-order valence-electron chi connectivity index (χ3n) is 2.53. The molecule has 1 aromatic rings. The number of halogens is 3. The second-order valence-corrected chi connectivity index (χ2v) is 7.77. The van der Waals surface area contributed by atoms with Gasteiger partial charge in [0.15, 0.2) is 5.75 Å². The van der Waals surface area contributed by atoms with Gasteiger partial charge in [-0.05, 0) is 18.6 Å². The Kier molecular flexibility index (Phi) is 6.59. The molecule has 21 heavy (non-hydrogen) atoms. The SMILES string of the molecule is CN(C)C(=O)CCCOc1c(Cl)cc(S(=O)(=O)Cl)cc1Cl. The zero-order chi connectivity index (χ0) is 16.2. The van der Waals surface area contributed by atoms with Crippen LogP contribution < -0.4 is 4.74 Å². The molecule has 118 valence electrons. The molecule has 1 aromatic carbocycles. The van der Waals surface area contributed by atoms with E-state index in [1.54, 1.807) is 14.1 Å². The first-order valence-electron chi connectivity index (χ1n) is 5.89. The Balaban J connectivity index is 2.71. The Labute approximate surface area is 138 Å². The number of carbonyl (C=O) groups is 1. The minimum atomic E-state index is -3.91. The molecule has 0 N–H and O–H groups in total. The van der Waals surface area contributed by atoms with Crippen LogP contribution >= 0.6 is 33.9 Å². The van der Waals surface area contributed by atoms with Crippen molar-refractivity contribution in [3.63, 3.8) is 0 Å². The number of ether oxygens (including phenoxy) is 1. The highest BCUT2D eigenvalue weighted by Crippen LogP contribution is 2.36. The highest BCUT2D eigenvalue weighted by molar-refractivity contribution is 8.13. The number of rotatable bonds is 6. The maximum absolute atomic E-state index is 11.4. The summed E-state index contributed by atoms with van der Waals surface area (Å²) in [7, 11) is 4.64. The second-order valence-electron chi connectivity index (χ2n) is 4.39. The van der Waals surface area contributed by atoms with E-state index >= 15 is 0 Å². The van der Waals surface area contributed by atoms with Crippen molar-refractivity contribution in [3.05, 3.63) is 22.2 Å². The van der Waals surface area contributed by atoms with Gasteiger partial charge >= 0.3 is 0 Å². The summed E-state index contributed by atoms with van der Waals surface area (Å²) in [6.45, 7) is 0.228. The van der Waals surface area contributed by atoms with E-state index in [9.17, 15) is 13.2 Å². The lowest BCUT2D eigenvalue weighted by molar-refractivity contribution is -0.128. The summed E-state index contributed by atoms with van der Waals surface area (Å²) in [5, 5.41) is 0.0846. The van der Waals surface area contributed by atoms with Crippen LogP contribution in [0.1, 0.15) is 12.8 Å². The number of benzene rings is 1. The molecule has 0 atom stereocenters. The number of hydrogen-bond acceptors (Lipinski definition) is 4. The van der Waals surface area contributed by atoms with Crippen molar-refractivity contribution in [2.45, 2.75) is 17.7 Å². The van der Waals surface area contributed by atoms with E-state index in [0.717, 1.165) is 12.1 Å². The van der Waals surface area contributed by atoms with Crippen molar-refractivity contribution >= 4 is 48.8 Å². The van der Waals surface area contributed by atoms with Crippen LogP contribution in [0, 0.1) is 0 Å². The second kappa shape index (κ2) is 7.54. The van der Waals surface area contributed by atoms with Crippen LogP contribution in [0.4, 0.5) is 0 Å². The van der Waals surface area contributed by atoms with Crippen molar-refractivity contribution in [2.24, 2.45) is 0 Å². The van der Waals surface area contributed by atoms with Gasteiger partial charge in [-0.15, -0.1) is 0 Å². The fourth-order valence-electron chi connectivity index (χ4n) is 1.44. The van der Waals surface area contributed by atoms with E-state index in [4.69, 9.17) is 38.6 Å². The van der Waals surface area contributed by atoms with Crippen LogP contribution in [0.3, 0.4) is 0 Å². The smallest absolute Gasteiger partial charge is 0.261 e. The Bertz CT molecular complexity index is 608. The van der Waals surface area contributed by atoms with Crippen molar-refractivity contribution in [2.75, 3.05) is 20.7 Å². The van der Waals surface area contributed by atoms with E-state index in [2.05, 4.69) is 0 Å². The summed E-state index contributed by atoms with van der Waals surface area (Å²) < 4.78 is 27.8. The zero-order valence-electron chi connectivity index (χ0n) is 11.4. The van der Waals surface area contributed by atoms with Gasteiger partial charge in [0.1, 0.15) is 0 Å².